The Bertz CT molecular complexity index is 374. The lowest BCUT2D eigenvalue weighted by atomic mass is 9.81. The molecule has 100 valence electrons. The van der Waals surface area contributed by atoms with Crippen molar-refractivity contribution in [3.8, 4) is 0 Å². The van der Waals surface area contributed by atoms with Gasteiger partial charge < -0.3 is 5.32 Å². The molecule has 1 saturated heterocycles. The molecule has 1 aliphatic rings. The number of nitrogens with one attached hydrogen (secondary N) is 1. The molecule has 1 heterocycles. The van der Waals surface area contributed by atoms with Gasteiger partial charge in [-0.3, -0.25) is 4.90 Å². The lowest BCUT2D eigenvalue weighted by Gasteiger charge is -2.42. The number of benzene rings is 1. The van der Waals surface area contributed by atoms with Gasteiger partial charge in [-0.25, -0.2) is 0 Å². The molecule has 3 heteroatoms. The molecule has 1 aromatic carbocycles. The van der Waals surface area contributed by atoms with E-state index in [9.17, 15) is 0 Å². The van der Waals surface area contributed by atoms with Crippen LogP contribution in [0.15, 0.2) is 24.3 Å². The predicted octanol–water partition coefficient (Wildman–Crippen LogP) is 3.33. The highest BCUT2D eigenvalue weighted by molar-refractivity contribution is 6.30. The topological polar surface area (TPSA) is 15.3 Å². The van der Waals surface area contributed by atoms with Crippen LogP contribution in [0, 0.1) is 5.41 Å². The van der Waals surface area contributed by atoms with Gasteiger partial charge in [0, 0.05) is 37.2 Å². The summed E-state index contributed by atoms with van der Waals surface area (Å²) in [7, 11) is 0. The van der Waals surface area contributed by atoms with E-state index in [1.165, 1.54) is 5.56 Å². The van der Waals surface area contributed by atoms with E-state index in [2.05, 4.69) is 43.1 Å². The van der Waals surface area contributed by atoms with Crippen LogP contribution < -0.4 is 5.32 Å². The number of nitrogens with zero attached hydrogens (tertiary/aromatic N) is 1. The first-order valence-corrected chi connectivity index (χ1v) is 7.06. The van der Waals surface area contributed by atoms with Gasteiger partial charge in [0.15, 0.2) is 0 Å². The van der Waals surface area contributed by atoms with Crippen LogP contribution in [0.3, 0.4) is 0 Å². The zero-order valence-corrected chi connectivity index (χ0v) is 12.3. The SMILES string of the molecule is CC(C)(C)[C@@H](c1ccc(Cl)cc1)N1CCNCC1. The minimum absolute atomic E-state index is 0.227. The van der Waals surface area contributed by atoms with E-state index < -0.39 is 0 Å². The molecule has 1 atom stereocenters. The summed E-state index contributed by atoms with van der Waals surface area (Å²) >= 11 is 5.99. The smallest absolute Gasteiger partial charge is 0.0406 e. The van der Waals surface area contributed by atoms with Gasteiger partial charge in [-0.2, -0.15) is 0 Å². The van der Waals surface area contributed by atoms with Gasteiger partial charge in [0.1, 0.15) is 0 Å². The molecule has 1 N–H and O–H groups in total. The average Bonchev–Trinajstić information content (AvgIpc) is 2.32. The van der Waals surface area contributed by atoms with Crippen LogP contribution in [-0.2, 0) is 0 Å². The third-order valence-corrected chi connectivity index (χ3v) is 3.77. The molecule has 18 heavy (non-hydrogen) atoms. The van der Waals surface area contributed by atoms with Gasteiger partial charge in [-0.05, 0) is 23.1 Å². The van der Waals surface area contributed by atoms with Crippen molar-refractivity contribution < 1.29 is 0 Å². The van der Waals surface area contributed by atoms with Crippen LogP contribution in [0.2, 0.25) is 5.02 Å². The zero-order chi connectivity index (χ0) is 13.2. The van der Waals surface area contributed by atoms with Gasteiger partial charge >= 0.3 is 0 Å². The highest BCUT2D eigenvalue weighted by Gasteiger charge is 2.32. The van der Waals surface area contributed by atoms with Crippen molar-refractivity contribution in [2.45, 2.75) is 26.8 Å². The quantitative estimate of drug-likeness (QED) is 0.883. The molecule has 0 unspecified atom stereocenters. The molecule has 1 aromatic rings. The maximum atomic E-state index is 5.99. The standard InChI is InChI=1S/C15H23ClN2/c1-15(2,3)14(18-10-8-17-9-11-18)12-4-6-13(16)7-5-12/h4-7,14,17H,8-11H2,1-3H3/t14-/m1/s1. The Morgan fingerprint density at radius 3 is 2.17 bits per heavy atom. The maximum absolute atomic E-state index is 5.99. The second-order valence-electron chi connectivity index (χ2n) is 6.11. The van der Waals surface area contributed by atoms with Crippen LogP contribution in [-0.4, -0.2) is 31.1 Å². The summed E-state index contributed by atoms with van der Waals surface area (Å²) < 4.78 is 0. The number of rotatable bonds is 2. The van der Waals surface area contributed by atoms with Crippen molar-refractivity contribution in [2.24, 2.45) is 5.41 Å². The van der Waals surface area contributed by atoms with Crippen LogP contribution in [0.4, 0.5) is 0 Å². The van der Waals surface area contributed by atoms with Crippen molar-refractivity contribution in [1.29, 1.82) is 0 Å². The molecular formula is C15H23ClN2. The Labute approximate surface area is 115 Å². The minimum Gasteiger partial charge on any atom is -0.314 e. The fraction of sp³-hybridized carbons (Fsp3) is 0.600. The zero-order valence-electron chi connectivity index (χ0n) is 11.5. The summed E-state index contributed by atoms with van der Waals surface area (Å²) in [6, 6.07) is 8.79. The molecule has 0 radical (unpaired) electrons. The van der Waals surface area contributed by atoms with E-state index in [1.54, 1.807) is 0 Å². The number of hydrogen-bond donors (Lipinski definition) is 1. The summed E-state index contributed by atoms with van der Waals surface area (Å²) in [6.45, 7) is 11.3. The fourth-order valence-corrected chi connectivity index (χ4v) is 2.97. The van der Waals surface area contributed by atoms with Gasteiger partial charge in [-0.1, -0.05) is 44.5 Å². The number of halogens is 1. The van der Waals surface area contributed by atoms with Crippen LogP contribution in [0.5, 0.6) is 0 Å². The summed E-state index contributed by atoms with van der Waals surface area (Å²) in [4.78, 5) is 2.58. The van der Waals surface area contributed by atoms with E-state index in [1.807, 2.05) is 12.1 Å². The Morgan fingerprint density at radius 1 is 1.11 bits per heavy atom. The summed E-state index contributed by atoms with van der Waals surface area (Å²) in [6.07, 6.45) is 0. The second-order valence-corrected chi connectivity index (χ2v) is 6.54. The van der Waals surface area contributed by atoms with E-state index in [-0.39, 0.29) is 5.41 Å². The van der Waals surface area contributed by atoms with Crippen molar-refractivity contribution in [3.05, 3.63) is 34.9 Å². The normalized spacial score (nSPS) is 19.8. The van der Waals surface area contributed by atoms with E-state index >= 15 is 0 Å². The Morgan fingerprint density at radius 2 is 1.67 bits per heavy atom. The second kappa shape index (κ2) is 5.60. The third kappa shape index (κ3) is 3.25. The molecule has 0 aromatic heterocycles. The predicted molar refractivity (Wildman–Crippen MR) is 78.1 cm³/mol. The molecule has 0 spiro atoms. The Kier molecular flexibility index (Phi) is 4.31. The molecule has 1 aliphatic heterocycles. The monoisotopic (exact) mass is 266 g/mol. The fourth-order valence-electron chi connectivity index (χ4n) is 2.84. The van der Waals surface area contributed by atoms with Crippen LogP contribution in [0.25, 0.3) is 0 Å². The summed E-state index contributed by atoms with van der Waals surface area (Å²) in [5, 5.41) is 4.23. The molecule has 0 aliphatic carbocycles. The highest BCUT2D eigenvalue weighted by atomic mass is 35.5. The molecule has 0 amide bonds. The van der Waals surface area contributed by atoms with Gasteiger partial charge in [0.25, 0.3) is 0 Å². The first-order chi connectivity index (χ1) is 8.48. The molecule has 0 bridgehead atoms. The van der Waals surface area contributed by atoms with Gasteiger partial charge in [0.2, 0.25) is 0 Å². The first kappa shape index (κ1) is 13.9. The van der Waals surface area contributed by atoms with E-state index in [0.717, 1.165) is 31.2 Å². The van der Waals surface area contributed by atoms with Crippen LogP contribution in [0.1, 0.15) is 32.4 Å². The molecule has 1 fully saturated rings. The lowest BCUT2D eigenvalue weighted by Crippen LogP contribution is -2.48. The molecule has 0 saturated carbocycles. The van der Waals surface area contributed by atoms with E-state index in [0.29, 0.717) is 6.04 Å². The van der Waals surface area contributed by atoms with Gasteiger partial charge in [0.05, 0.1) is 0 Å². The molecule has 2 nitrogen and oxygen atoms in total. The highest BCUT2D eigenvalue weighted by Crippen LogP contribution is 2.38. The Hall–Kier alpha value is -0.570. The van der Waals surface area contributed by atoms with Crippen molar-refractivity contribution in [2.75, 3.05) is 26.2 Å². The third-order valence-electron chi connectivity index (χ3n) is 3.52. The van der Waals surface area contributed by atoms with Crippen molar-refractivity contribution in [1.82, 2.24) is 10.2 Å². The summed E-state index contributed by atoms with van der Waals surface area (Å²) in [5.41, 5.74) is 1.60. The summed E-state index contributed by atoms with van der Waals surface area (Å²) in [5.74, 6) is 0. The maximum Gasteiger partial charge on any atom is 0.0406 e. The van der Waals surface area contributed by atoms with Crippen LogP contribution >= 0.6 is 11.6 Å². The lowest BCUT2D eigenvalue weighted by molar-refractivity contribution is 0.0862. The van der Waals surface area contributed by atoms with Gasteiger partial charge in [-0.15, -0.1) is 0 Å². The van der Waals surface area contributed by atoms with Crippen molar-refractivity contribution in [3.63, 3.8) is 0 Å². The van der Waals surface area contributed by atoms with E-state index in [4.69, 9.17) is 11.6 Å². The molecule has 2 rings (SSSR count). The minimum atomic E-state index is 0.227. The Balaban J connectivity index is 2.27. The number of hydrogen-bond acceptors (Lipinski definition) is 2. The largest absolute Gasteiger partial charge is 0.314 e. The average molecular weight is 267 g/mol. The number of piperazine rings is 1. The van der Waals surface area contributed by atoms with Crippen molar-refractivity contribution >= 4 is 11.6 Å². The molecular weight excluding hydrogens is 244 g/mol. The first-order valence-electron chi connectivity index (χ1n) is 6.69.